The molecule has 12 nitrogen and oxygen atoms in total. The number of thiophene rings is 1. The van der Waals surface area contributed by atoms with Crippen molar-refractivity contribution in [2.45, 2.75) is 43.3 Å². The number of anilines is 1. The normalized spacial score (nSPS) is 13.2. The molecule has 0 saturated heterocycles. The second kappa shape index (κ2) is 15.5. The number of nitrogens with one attached hydrogen (secondary N) is 3. The Hall–Kier alpha value is -4.79. The quantitative estimate of drug-likeness (QED) is 0.0629. The van der Waals surface area contributed by atoms with Crippen LogP contribution in [0.4, 0.5) is 5.69 Å². The molecule has 0 radical (unpaired) electrons. The summed E-state index contributed by atoms with van der Waals surface area (Å²) in [7, 11) is -1.79. The van der Waals surface area contributed by atoms with Gasteiger partial charge >= 0.3 is 5.97 Å². The maximum Gasteiger partial charge on any atom is 0.326 e. The van der Waals surface area contributed by atoms with Gasteiger partial charge in [0.2, 0.25) is 0 Å². The molecule has 14 heteroatoms. The van der Waals surface area contributed by atoms with Crippen LogP contribution in [0.15, 0.2) is 82.3 Å². The Bertz CT molecular complexity index is 1740. The third-order valence-electron chi connectivity index (χ3n) is 7.21. The van der Waals surface area contributed by atoms with Crippen LogP contribution in [0.5, 0.6) is 5.75 Å². The molecule has 0 spiro atoms. The van der Waals surface area contributed by atoms with Crippen molar-refractivity contribution in [1.29, 1.82) is 0 Å². The molecule has 2 unspecified atom stereocenters. The molecule has 4 aromatic rings. The van der Waals surface area contributed by atoms with Gasteiger partial charge in [0, 0.05) is 38.4 Å². The Labute approximate surface area is 272 Å². The van der Waals surface area contributed by atoms with Crippen molar-refractivity contribution in [1.82, 2.24) is 15.6 Å². The Morgan fingerprint density at radius 2 is 1.91 bits per heavy atom. The zero-order valence-electron chi connectivity index (χ0n) is 24.9. The van der Waals surface area contributed by atoms with E-state index in [1.54, 1.807) is 17.6 Å². The number of amides is 1. The van der Waals surface area contributed by atoms with E-state index in [1.807, 2.05) is 36.5 Å². The maximum atomic E-state index is 13.8. The second-order valence-electron chi connectivity index (χ2n) is 10.6. The molecular formula is C32H35N7O5S2. The molecule has 0 saturated carbocycles. The minimum absolute atomic E-state index is 0.0849. The van der Waals surface area contributed by atoms with Crippen molar-refractivity contribution in [3.05, 3.63) is 93.9 Å². The van der Waals surface area contributed by atoms with Crippen LogP contribution in [-0.2, 0) is 35.3 Å². The van der Waals surface area contributed by atoms with Gasteiger partial charge in [-0.3, -0.25) is 19.5 Å². The molecule has 8 N–H and O–H groups in total. The van der Waals surface area contributed by atoms with Gasteiger partial charge in [0.25, 0.3) is 5.91 Å². The number of carboxylic acid groups (broad SMARTS) is 1. The molecule has 240 valence electrons. The molecule has 3 heterocycles. The summed E-state index contributed by atoms with van der Waals surface area (Å²) in [5.41, 5.74) is 16.0. The van der Waals surface area contributed by atoms with Crippen molar-refractivity contribution in [3.63, 3.8) is 0 Å². The number of rotatable bonds is 15. The molecule has 1 aliphatic rings. The van der Waals surface area contributed by atoms with Crippen LogP contribution < -0.4 is 31.6 Å². The highest BCUT2D eigenvalue weighted by atomic mass is 32.2. The lowest BCUT2D eigenvalue weighted by Crippen LogP contribution is -2.40. The molecule has 5 rings (SSSR count). The fourth-order valence-electron chi connectivity index (χ4n) is 5.00. The molecule has 46 heavy (non-hydrogen) atoms. The van der Waals surface area contributed by atoms with E-state index in [1.165, 1.54) is 0 Å². The number of aliphatic imine (C=N–C) groups is 1. The number of carbonyl (C=O) groups excluding carboxylic acids is 1. The smallest absolute Gasteiger partial charge is 0.326 e. The average Bonchev–Trinajstić information content (AvgIpc) is 3.72. The van der Waals surface area contributed by atoms with E-state index in [9.17, 15) is 18.9 Å². The largest absolute Gasteiger partial charge is 0.492 e. The van der Waals surface area contributed by atoms with E-state index in [-0.39, 0.29) is 23.8 Å². The van der Waals surface area contributed by atoms with E-state index in [0.29, 0.717) is 48.9 Å². The number of aliphatic carboxylic acids is 1. The SMILES string of the molecule is NC(N)=NCCCC(NC(=O)c1sccc1NS(=O)c1cc(-c2cccc(CNCc3cccnc3)c2)cc2c1OCC2)C(=O)O. The summed E-state index contributed by atoms with van der Waals surface area (Å²) in [5.74, 6) is -1.28. The molecule has 1 amide bonds. The Morgan fingerprint density at radius 1 is 1.09 bits per heavy atom. The van der Waals surface area contributed by atoms with Crippen molar-refractivity contribution >= 4 is 45.8 Å². The molecule has 0 bridgehead atoms. The van der Waals surface area contributed by atoms with Gasteiger partial charge in [-0.15, -0.1) is 11.3 Å². The highest BCUT2D eigenvalue weighted by Crippen LogP contribution is 2.37. The lowest BCUT2D eigenvalue weighted by molar-refractivity contribution is -0.139. The zero-order valence-corrected chi connectivity index (χ0v) is 26.5. The van der Waals surface area contributed by atoms with Crippen molar-refractivity contribution < 1.29 is 23.6 Å². The molecule has 2 atom stereocenters. The number of ether oxygens (including phenoxy) is 1. The first kappa shape index (κ1) is 32.6. The van der Waals surface area contributed by atoms with Gasteiger partial charge in [0.05, 0.1) is 12.3 Å². The minimum atomic E-state index is -1.79. The zero-order chi connectivity index (χ0) is 32.5. The van der Waals surface area contributed by atoms with Crippen LogP contribution in [0.2, 0.25) is 0 Å². The van der Waals surface area contributed by atoms with E-state index in [0.717, 1.165) is 39.2 Å². The van der Waals surface area contributed by atoms with Crippen molar-refractivity contribution in [3.8, 4) is 16.9 Å². The molecular weight excluding hydrogens is 627 g/mol. The van der Waals surface area contributed by atoms with Crippen LogP contribution in [0.25, 0.3) is 11.1 Å². The number of guanidine groups is 1. The second-order valence-corrected chi connectivity index (χ2v) is 12.7. The fraction of sp³-hybridized carbons (Fsp3) is 0.250. The molecule has 0 fully saturated rings. The topological polar surface area (TPSA) is 194 Å². The van der Waals surface area contributed by atoms with E-state index >= 15 is 0 Å². The lowest BCUT2D eigenvalue weighted by Gasteiger charge is -2.15. The van der Waals surface area contributed by atoms with E-state index in [2.05, 4.69) is 43.5 Å². The van der Waals surface area contributed by atoms with E-state index in [4.69, 9.17) is 16.2 Å². The summed E-state index contributed by atoms with van der Waals surface area (Å²) >= 11 is 1.12. The molecule has 2 aromatic heterocycles. The number of aromatic nitrogens is 1. The monoisotopic (exact) mass is 661 g/mol. The summed E-state index contributed by atoms with van der Waals surface area (Å²) in [6.45, 7) is 2.08. The average molecular weight is 662 g/mol. The van der Waals surface area contributed by atoms with Gasteiger partial charge in [-0.1, -0.05) is 24.3 Å². The van der Waals surface area contributed by atoms with Crippen LogP contribution in [0, 0.1) is 0 Å². The summed E-state index contributed by atoms with van der Waals surface area (Å²) in [4.78, 5) is 33.6. The summed E-state index contributed by atoms with van der Waals surface area (Å²) in [6, 6.07) is 16.5. The number of hydrogen-bond acceptors (Lipinski definition) is 8. The Balaban J connectivity index is 1.29. The van der Waals surface area contributed by atoms with Gasteiger partial charge in [-0.05, 0) is 76.4 Å². The Morgan fingerprint density at radius 3 is 2.70 bits per heavy atom. The first-order valence-electron chi connectivity index (χ1n) is 14.6. The number of carbonyl (C=O) groups is 2. The fourth-order valence-corrected chi connectivity index (χ4v) is 6.89. The third kappa shape index (κ3) is 8.47. The standard InChI is InChI=1S/C32H35N7O5S2/c33-32(34)37-11-3-7-26(31(41)42)38-30(40)29-25(9-13-45-29)39-46(43)27-16-24(15-23-8-12-44-28(23)27)22-6-1-4-20(14-22)17-36-19-21-5-2-10-35-18-21/h1-2,4-6,9-10,13-16,18,26,36,39H,3,7-8,11-12,17,19H2,(H,38,40)(H,41,42)(H4,33,34,37). The predicted octanol–water partition coefficient (Wildman–Crippen LogP) is 3.41. The van der Waals surface area contributed by atoms with Gasteiger partial charge in [-0.2, -0.15) is 0 Å². The number of pyridine rings is 1. The number of hydrogen-bond donors (Lipinski definition) is 6. The predicted molar refractivity (Wildman–Crippen MR) is 179 cm³/mol. The van der Waals surface area contributed by atoms with Crippen LogP contribution >= 0.6 is 11.3 Å². The highest BCUT2D eigenvalue weighted by molar-refractivity contribution is 7.86. The van der Waals surface area contributed by atoms with Gasteiger partial charge in [0.15, 0.2) is 16.9 Å². The Kier molecular flexibility index (Phi) is 11.0. The lowest BCUT2D eigenvalue weighted by atomic mass is 10.00. The van der Waals surface area contributed by atoms with Gasteiger partial charge < -0.3 is 31.9 Å². The number of carboxylic acids is 1. The maximum absolute atomic E-state index is 13.8. The van der Waals surface area contributed by atoms with Crippen LogP contribution in [-0.4, -0.2) is 51.3 Å². The summed E-state index contributed by atoms with van der Waals surface area (Å²) in [6.07, 6.45) is 4.77. The first-order chi connectivity index (χ1) is 22.3. The number of benzene rings is 2. The molecule has 0 aliphatic carbocycles. The number of nitrogens with zero attached hydrogens (tertiary/aromatic N) is 2. The summed E-state index contributed by atoms with van der Waals surface area (Å²) in [5, 5.41) is 17.3. The molecule has 1 aliphatic heterocycles. The number of fused-ring (bicyclic) bond motifs is 1. The van der Waals surface area contributed by atoms with Crippen LogP contribution in [0.3, 0.4) is 0 Å². The summed E-state index contributed by atoms with van der Waals surface area (Å²) < 4.78 is 22.6. The molecule has 2 aromatic carbocycles. The van der Waals surface area contributed by atoms with Gasteiger partial charge in [-0.25, -0.2) is 9.00 Å². The highest BCUT2D eigenvalue weighted by Gasteiger charge is 2.26. The van der Waals surface area contributed by atoms with Crippen molar-refractivity contribution in [2.24, 2.45) is 16.5 Å². The third-order valence-corrected chi connectivity index (χ3v) is 9.23. The van der Waals surface area contributed by atoms with Gasteiger partial charge in [0.1, 0.15) is 21.6 Å². The number of nitrogens with two attached hydrogens (primary N) is 2. The minimum Gasteiger partial charge on any atom is -0.492 e. The van der Waals surface area contributed by atoms with Crippen molar-refractivity contribution in [2.75, 3.05) is 17.9 Å². The van der Waals surface area contributed by atoms with E-state index < -0.39 is 28.9 Å². The van der Waals surface area contributed by atoms with Crippen LogP contribution in [0.1, 0.15) is 39.2 Å². The first-order valence-corrected chi connectivity index (χ1v) is 16.6.